The van der Waals surface area contributed by atoms with E-state index in [1.54, 1.807) is 22.9 Å². The topological polar surface area (TPSA) is 104 Å². The van der Waals surface area contributed by atoms with Crippen molar-refractivity contribution in [3.63, 3.8) is 0 Å². The Balaban J connectivity index is 1.52. The van der Waals surface area contributed by atoms with E-state index in [4.69, 9.17) is 0 Å². The lowest BCUT2D eigenvalue weighted by atomic mass is 10.1. The molecule has 2 aromatic heterocycles. The van der Waals surface area contributed by atoms with Gasteiger partial charge in [-0.25, -0.2) is 4.98 Å². The van der Waals surface area contributed by atoms with Gasteiger partial charge in [0.15, 0.2) is 5.65 Å². The minimum atomic E-state index is -4.46. The van der Waals surface area contributed by atoms with Crippen LogP contribution in [-0.2, 0) is 11.0 Å². The number of hydrogen-bond donors (Lipinski definition) is 4. The third-order valence-corrected chi connectivity index (χ3v) is 5.56. The third kappa shape index (κ3) is 4.63. The van der Waals surface area contributed by atoms with E-state index in [2.05, 4.69) is 26.0 Å². The molecule has 1 aromatic carbocycles. The maximum absolute atomic E-state index is 13.1. The molecule has 2 fully saturated rings. The fraction of sp³-hybridized carbons (Fsp3) is 0.318. The number of carbonyl (C=O) groups excluding carboxylic acids is 1. The number of benzene rings is 1. The van der Waals surface area contributed by atoms with Gasteiger partial charge in [0, 0.05) is 35.9 Å². The molecule has 1 amide bonds. The van der Waals surface area contributed by atoms with Crippen molar-refractivity contribution in [1.82, 2.24) is 19.9 Å². The van der Waals surface area contributed by atoms with Gasteiger partial charge in [0.1, 0.15) is 17.9 Å². The monoisotopic (exact) mass is 458 g/mol. The molecule has 0 radical (unpaired) electrons. The van der Waals surface area contributed by atoms with E-state index in [0.29, 0.717) is 34.3 Å². The lowest BCUT2D eigenvalue weighted by Crippen LogP contribution is -2.24. The first kappa shape index (κ1) is 21.3. The Morgan fingerprint density at radius 1 is 1.27 bits per heavy atom. The van der Waals surface area contributed by atoms with Crippen molar-refractivity contribution in [2.24, 2.45) is 5.92 Å². The Morgan fingerprint density at radius 3 is 2.79 bits per heavy atom. The van der Waals surface area contributed by atoms with E-state index in [1.807, 2.05) is 0 Å². The van der Waals surface area contributed by atoms with Gasteiger partial charge in [-0.3, -0.25) is 4.79 Å². The fourth-order valence-corrected chi connectivity index (χ4v) is 3.67. The molecule has 1 saturated heterocycles. The number of aliphatic hydroxyl groups excluding tert-OH is 1. The first-order chi connectivity index (χ1) is 15.8. The summed E-state index contributed by atoms with van der Waals surface area (Å²) in [4.78, 5) is 16.6. The van der Waals surface area contributed by atoms with Crippen LogP contribution >= 0.6 is 0 Å². The zero-order valence-corrected chi connectivity index (χ0v) is 17.4. The van der Waals surface area contributed by atoms with Crippen LogP contribution in [0.25, 0.3) is 11.7 Å². The predicted molar refractivity (Wildman–Crippen MR) is 116 cm³/mol. The SMILES string of the molecule is O=C1NC(O)C/C1=C\c1cnn2c(NCC3CC3)cc(Nc3cccc(C(F)(F)F)c3)nc12. The highest BCUT2D eigenvalue weighted by atomic mass is 19.4. The van der Waals surface area contributed by atoms with Gasteiger partial charge in [0.2, 0.25) is 5.91 Å². The van der Waals surface area contributed by atoms with Crippen LogP contribution < -0.4 is 16.0 Å². The summed E-state index contributed by atoms with van der Waals surface area (Å²) >= 11 is 0. The van der Waals surface area contributed by atoms with Crippen molar-refractivity contribution < 1.29 is 23.1 Å². The highest BCUT2D eigenvalue weighted by Crippen LogP contribution is 2.32. The van der Waals surface area contributed by atoms with Crippen LogP contribution in [0, 0.1) is 5.92 Å². The van der Waals surface area contributed by atoms with Gasteiger partial charge in [0.05, 0.1) is 11.8 Å². The van der Waals surface area contributed by atoms with Gasteiger partial charge in [-0.2, -0.15) is 22.8 Å². The molecule has 33 heavy (non-hydrogen) atoms. The number of nitrogens with one attached hydrogen (secondary N) is 3. The normalized spacial score (nSPS) is 19.8. The van der Waals surface area contributed by atoms with E-state index in [9.17, 15) is 23.1 Å². The van der Waals surface area contributed by atoms with Crippen LogP contribution in [0.15, 0.2) is 42.1 Å². The Kier molecular flexibility index (Phi) is 5.20. The standard InChI is InChI=1S/C22H21F3N6O2/c23-22(24,25)15-2-1-3-16(8-15)28-17-9-18(26-10-12-4-5-12)31-20(29-17)14(11-27-31)6-13-7-19(32)30-21(13)33/h1-3,6,8-9,11-12,19,26,32H,4-5,7,10H2,(H,28,29)(H,30,33)/b13-6+. The minimum absolute atomic E-state index is 0.158. The minimum Gasteiger partial charge on any atom is -0.373 e. The molecule has 1 aliphatic carbocycles. The molecule has 0 bridgehead atoms. The largest absolute Gasteiger partial charge is 0.416 e. The maximum atomic E-state index is 13.1. The molecule has 0 spiro atoms. The van der Waals surface area contributed by atoms with Gasteiger partial charge in [-0.1, -0.05) is 6.07 Å². The number of alkyl halides is 3. The Hall–Kier alpha value is -3.60. The number of aliphatic hydroxyl groups is 1. The number of carbonyl (C=O) groups is 1. The maximum Gasteiger partial charge on any atom is 0.416 e. The van der Waals surface area contributed by atoms with Crippen molar-refractivity contribution in [3.05, 3.63) is 53.2 Å². The zero-order chi connectivity index (χ0) is 23.2. The molecule has 4 N–H and O–H groups in total. The number of fused-ring (bicyclic) bond motifs is 1. The van der Waals surface area contributed by atoms with Crippen LogP contribution in [0.5, 0.6) is 0 Å². The summed E-state index contributed by atoms with van der Waals surface area (Å²) in [5.41, 5.74) is 0.847. The van der Waals surface area contributed by atoms with Crippen LogP contribution in [0.4, 0.5) is 30.5 Å². The predicted octanol–water partition coefficient (Wildman–Crippen LogP) is 3.54. The van der Waals surface area contributed by atoms with E-state index in [-0.39, 0.29) is 18.0 Å². The molecule has 1 atom stereocenters. The van der Waals surface area contributed by atoms with E-state index >= 15 is 0 Å². The van der Waals surface area contributed by atoms with E-state index in [0.717, 1.165) is 31.5 Å². The van der Waals surface area contributed by atoms with Gasteiger partial charge in [0.25, 0.3) is 0 Å². The second-order valence-electron chi connectivity index (χ2n) is 8.25. The summed E-state index contributed by atoms with van der Waals surface area (Å²) in [7, 11) is 0. The van der Waals surface area contributed by atoms with Crippen LogP contribution in [-0.4, -0.2) is 38.4 Å². The number of rotatable bonds is 6. The average Bonchev–Trinajstić information content (AvgIpc) is 3.42. The molecule has 1 unspecified atom stereocenters. The summed E-state index contributed by atoms with van der Waals surface area (Å²) in [5.74, 6) is 1.17. The molecule has 11 heteroatoms. The molecule has 172 valence electrons. The second-order valence-corrected chi connectivity index (χ2v) is 8.25. The van der Waals surface area contributed by atoms with E-state index < -0.39 is 18.0 Å². The Morgan fingerprint density at radius 2 is 2.09 bits per heavy atom. The highest BCUT2D eigenvalue weighted by Gasteiger charge is 2.30. The number of anilines is 3. The zero-order valence-electron chi connectivity index (χ0n) is 17.4. The van der Waals surface area contributed by atoms with Crippen LogP contribution in [0.1, 0.15) is 30.4 Å². The quantitative estimate of drug-likeness (QED) is 0.422. The molecule has 3 aromatic rings. The molecule has 2 aliphatic rings. The average molecular weight is 458 g/mol. The Bertz CT molecular complexity index is 1250. The van der Waals surface area contributed by atoms with Crippen molar-refractivity contribution in [2.75, 3.05) is 17.2 Å². The molecular weight excluding hydrogens is 437 g/mol. The van der Waals surface area contributed by atoms with Crippen LogP contribution in [0.2, 0.25) is 0 Å². The molecular formula is C22H21F3N6O2. The Labute approximate surface area is 186 Å². The summed E-state index contributed by atoms with van der Waals surface area (Å²) in [6.07, 6.45) is 0.222. The van der Waals surface area contributed by atoms with E-state index in [1.165, 1.54) is 12.1 Å². The summed E-state index contributed by atoms with van der Waals surface area (Å²) in [6, 6.07) is 6.57. The molecule has 8 nitrogen and oxygen atoms in total. The number of nitrogens with zero attached hydrogens (tertiary/aromatic N) is 3. The smallest absolute Gasteiger partial charge is 0.373 e. The highest BCUT2D eigenvalue weighted by molar-refractivity contribution is 6.00. The lowest BCUT2D eigenvalue weighted by molar-refractivity contribution is -0.137. The third-order valence-electron chi connectivity index (χ3n) is 5.56. The molecule has 3 heterocycles. The lowest BCUT2D eigenvalue weighted by Gasteiger charge is -2.13. The van der Waals surface area contributed by atoms with Gasteiger partial charge in [-0.15, -0.1) is 0 Å². The van der Waals surface area contributed by atoms with Crippen molar-refractivity contribution in [1.29, 1.82) is 0 Å². The molecule has 1 saturated carbocycles. The molecule has 5 rings (SSSR count). The van der Waals surface area contributed by atoms with Gasteiger partial charge >= 0.3 is 6.18 Å². The number of amides is 1. The van der Waals surface area contributed by atoms with Crippen molar-refractivity contribution in [3.8, 4) is 0 Å². The summed E-state index contributed by atoms with van der Waals surface area (Å²) < 4.78 is 40.9. The fourth-order valence-electron chi connectivity index (χ4n) is 3.67. The second kappa shape index (κ2) is 8.07. The van der Waals surface area contributed by atoms with Gasteiger partial charge < -0.3 is 21.1 Å². The van der Waals surface area contributed by atoms with Gasteiger partial charge in [-0.05, 0) is 43.0 Å². The first-order valence-electron chi connectivity index (χ1n) is 10.5. The van der Waals surface area contributed by atoms with Crippen molar-refractivity contribution in [2.45, 2.75) is 31.7 Å². The first-order valence-corrected chi connectivity index (χ1v) is 10.5. The van der Waals surface area contributed by atoms with Crippen molar-refractivity contribution >= 4 is 35.0 Å². The van der Waals surface area contributed by atoms with Crippen LogP contribution in [0.3, 0.4) is 0 Å². The molecule has 1 aliphatic heterocycles. The number of aromatic nitrogens is 3. The summed E-state index contributed by atoms with van der Waals surface area (Å²) in [5, 5.41) is 22.7. The summed E-state index contributed by atoms with van der Waals surface area (Å²) in [6.45, 7) is 0.743. The number of halogens is 3. The number of hydrogen-bond acceptors (Lipinski definition) is 6.